The van der Waals surface area contributed by atoms with Crippen LogP contribution in [-0.4, -0.2) is 18.5 Å². The highest BCUT2D eigenvalue weighted by molar-refractivity contribution is 6.26. The van der Waals surface area contributed by atoms with Gasteiger partial charge in [-0.25, -0.2) is 0 Å². The first kappa shape index (κ1) is 14.8. The number of halogens is 1. The Hall–Kier alpha value is -0.240. The third kappa shape index (κ3) is 11.7. The lowest BCUT2D eigenvalue weighted by Crippen LogP contribution is -2.06. The first-order chi connectivity index (χ1) is 7.31. The lowest BCUT2D eigenvalue weighted by molar-refractivity contribution is -0.140. The Morgan fingerprint density at radius 3 is 2.07 bits per heavy atom. The summed E-state index contributed by atoms with van der Waals surface area (Å²) < 4.78 is 4.87. The van der Waals surface area contributed by atoms with Crippen LogP contribution in [0.1, 0.15) is 58.3 Å². The second-order valence-electron chi connectivity index (χ2n) is 3.83. The summed E-state index contributed by atoms with van der Waals surface area (Å²) in [6.07, 6.45) is 10.0. The smallest absolute Gasteiger partial charge is 0.320 e. The fourth-order valence-electron chi connectivity index (χ4n) is 1.46. The zero-order chi connectivity index (χ0) is 11.4. The average Bonchev–Trinajstić information content (AvgIpc) is 2.26. The van der Waals surface area contributed by atoms with E-state index in [1.165, 1.54) is 38.5 Å². The molecule has 0 aromatic rings. The van der Waals surface area contributed by atoms with Gasteiger partial charge in [0.15, 0.2) is 0 Å². The summed E-state index contributed by atoms with van der Waals surface area (Å²) in [5.41, 5.74) is 0. The lowest BCUT2D eigenvalue weighted by Gasteiger charge is -2.02. The normalized spacial score (nSPS) is 10.3. The van der Waals surface area contributed by atoms with Crippen LogP contribution in [0, 0.1) is 0 Å². The van der Waals surface area contributed by atoms with Crippen LogP contribution in [0.3, 0.4) is 0 Å². The molecular weight excluding hydrogens is 212 g/mol. The molecule has 0 heterocycles. The van der Waals surface area contributed by atoms with E-state index in [4.69, 9.17) is 16.3 Å². The Labute approximate surface area is 98.3 Å². The number of ether oxygens (including phenoxy) is 1. The Balaban J connectivity index is 2.95. The fourth-order valence-corrected chi connectivity index (χ4v) is 1.54. The lowest BCUT2D eigenvalue weighted by atomic mass is 10.1. The molecule has 0 atom stereocenters. The maximum atomic E-state index is 10.7. The van der Waals surface area contributed by atoms with Gasteiger partial charge >= 0.3 is 5.97 Å². The van der Waals surface area contributed by atoms with Gasteiger partial charge in [-0.2, -0.15) is 0 Å². The number of alkyl halides is 1. The van der Waals surface area contributed by atoms with E-state index in [0.29, 0.717) is 6.61 Å². The second kappa shape index (κ2) is 11.8. The highest BCUT2D eigenvalue weighted by atomic mass is 35.5. The molecule has 0 N–H and O–H groups in total. The molecule has 15 heavy (non-hydrogen) atoms. The van der Waals surface area contributed by atoms with E-state index in [2.05, 4.69) is 6.92 Å². The molecule has 0 saturated heterocycles. The molecule has 0 rings (SSSR count). The van der Waals surface area contributed by atoms with Gasteiger partial charge in [0.2, 0.25) is 0 Å². The van der Waals surface area contributed by atoms with Crippen LogP contribution in [0.4, 0.5) is 0 Å². The van der Waals surface area contributed by atoms with Crippen LogP contribution in [0.2, 0.25) is 0 Å². The predicted molar refractivity (Wildman–Crippen MR) is 64.3 cm³/mol. The monoisotopic (exact) mass is 234 g/mol. The summed E-state index contributed by atoms with van der Waals surface area (Å²) in [4.78, 5) is 10.7. The van der Waals surface area contributed by atoms with E-state index in [9.17, 15) is 4.79 Å². The Kier molecular flexibility index (Phi) is 11.6. The van der Waals surface area contributed by atoms with Crippen LogP contribution in [-0.2, 0) is 9.53 Å². The maximum Gasteiger partial charge on any atom is 0.320 e. The highest BCUT2D eigenvalue weighted by Gasteiger charge is 1.98. The number of hydrogen-bond acceptors (Lipinski definition) is 2. The van der Waals surface area contributed by atoms with Crippen molar-refractivity contribution in [2.45, 2.75) is 58.3 Å². The molecule has 2 nitrogen and oxygen atoms in total. The topological polar surface area (TPSA) is 26.3 Å². The summed E-state index contributed by atoms with van der Waals surface area (Å²) in [5.74, 6) is -0.337. The zero-order valence-corrected chi connectivity index (χ0v) is 10.5. The molecule has 0 aliphatic carbocycles. The van der Waals surface area contributed by atoms with Crippen molar-refractivity contribution in [2.75, 3.05) is 12.5 Å². The minimum absolute atomic E-state index is 0.0307. The van der Waals surface area contributed by atoms with Gasteiger partial charge in [-0.1, -0.05) is 51.9 Å². The Morgan fingerprint density at radius 2 is 1.53 bits per heavy atom. The molecule has 0 amide bonds. The van der Waals surface area contributed by atoms with Gasteiger partial charge in [0.1, 0.15) is 5.88 Å². The van der Waals surface area contributed by atoms with E-state index >= 15 is 0 Å². The van der Waals surface area contributed by atoms with E-state index in [1.807, 2.05) is 0 Å². The summed E-state index contributed by atoms with van der Waals surface area (Å²) in [5, 5.41) is 0. The molecule has 0 aromatic carbocycles. The van der Waals surface area contributed by atoms with Crippen LogP contribution < -0.4 is 0 Å². The van der Waals surface area contributed by atoms with Crippen molar-refractivity contribution in [1.29, 1.82) is 0 Å². The molecule has 0 saturated carbocycles. The number of carbonyl (C=O) groups is 1. The zero-order valence-electron chi connectivity index (χ0n) is 9.77. The molecule has 0 unspecified atom stereocenters. The highest BCUT2D eigenvalue weighted by Crippen LogP contribution is 2.08. The summed E-state index contributed by atoms with van der Waals surface area (Å²) in [6, 6.07) is 0. The van der Waals surface area contributed by atoms with E-state index in [-0.39, 0.29) is 11.8 Å². The molecule has 0 aliphatic heterocycles. The molecule has 0 aromatic heterocycles. The van der Waals surface area contributed by atoms with Gasteiger partial charge in [0.25, 0.3) is 0 Å². The Morgan fingerprint density at radius 1 is 1.00 bits per heavy atom. The molecule has 0 spiro atoms. The van der Waals surface area contributed by atoms with E-state index in [0.717, 1.165) is 12.8 Å². The summed E-state index contributed by atoms with van der Waals surface area (Å²) in [6.45, 7) is 2.76. The molecule has 0 bridgehead atoms. The molecule has 90 valence electrons. The van der Waals surface area contributed by atoms with Crippen molar-refractivity contribution in [2.24, 2.45) is 0 Å². The van der Waals surface area contributed by atoms with Crippen molar-refractivity contribution in [1.82, 2.24) is 0 Å². The first-order valence-corrected chi connectivity index (χ1v) is 6.56. The summed E-state index contributed by atoms with van der Waals surface area (Å²) >= 11 is 5.29. The van der Waals surface area contributed by atoms with Crippen molar-refractivity contribution < 1.29 is 9.53 Å². The van der Waals surface area contributed by atoms with E-state index < -0.39 is 0 Å². The van der Waals surface area contributed by atoms with Crippen molar-refractivity contribution >= 4 is 17.6 Å². The average molecular weight is 235 g/mol. The van der Waals surface area contributed by atoms with Gasteiger partial charge in [0, 0.05) is 0 Å². The van der Waals surface area contributed by atoms with Crippen molar-refractivity contribution in [3.8, 4) is 0 Å². The van der Waals surface area contributed by atoms with Crippen LogP contribution in [0.25, 0.3) is 0 Å². The first-order valence-electron chi connectivity index (χ1n) is 6.02. The van der Waals surface area contributed by atoms with Gasteiger partial charge in [-0.15, -0.1) is 11.6 Å². The predicted octanol–water partition coefficient (Wildman–Crippen LogP) is 3.91. The maximum absolute atomic E-state index is 10.7. The third-order valence-corrected chi connectivity index (χ3v) is 2.59. The number of hydrogen-bond donors (Lipinski definition) is 0. The molecule has 0 fully saturated rings. The molecule has 0 radical (unpaired) electrons. The SMILES string of the molecule is CCCCCCCCCCOC(=O)CCl. The third-order valence-electron chi connectivity index (χ3n) is 2.37. The molecular formula is C12H23ClO2. The number of carbonyl (C=O) groups excluding carboxylic acids is 1. The van der Waals surface area contributed by atoms with Crippen LogP contribution >= 0.6 is 11.6 Å². The Bertz CT molecular complexity index is 149. The van der Waals surface area contributed by atoms with Gasteiger partial charge in [-0.3, -0.25) is 4.79 Å². The van der Waals surface area contributed by atoms with Crippen molar-refractivity contribution in [3.63, 3.8) is 0 Å². The number of unbranched alkanes of at least 4 members (excludes halogenated alkanes) is 7. The van der Waals surface area contributed by atoms with Crippen molar-refractivity contribution in [3.05, 3.63) is 0 Å². The van der Waals surface area contributed by atoms with Crippen LogP contribution in [0.15, 0.2) is 0 Å². The minimum Gasteiger partial charge on any atom is -0.465 e. The van der Waals surface area contributed by atoms with Gasteiger partial charge in [0.05, 0.1) is 6.61 Å². The van der Waals surface area contributed by atoms with Gasteiger partial charge < -0.3 is 4.74 Å². The largest absolute Gasteiger partial charge is 0.465 e. The quantitative estimate of drug-likeness (QED) is 0.326. The minimum atomic E-state index is -0.306. The summed E-state index contributed by atoms with van der Waals surface area (Å²) in [7, 11) is 0. The fraction of sp³-hybridized carbons (Fsp3) is 0.917. The van der Waals surface area contributed by atoms with E-state index in [1.54, 1.807) is 0 Å². The number of esters is 1. The van der Waals surface area contributed by atoms with Gasteiger partial charge in [-0.05, 0) is 6.42 Å². The number of rotatable bonds is 10. The molecule has 3 heteroatoms. The molecule has 0 aliphatic rings. The van der Waals surface area contributed by atoms with Crippen LogP contribution in [0.5, 0.6) is 0 Å². The second-order valence-corrected chi connectivity index (χ2v) is 4.10. The standard InChI is InChI=1S/C12H23ClO2/c1-2-3-4-5-6-7-8-9-10-15-12(14)11-13/h2-11H2,1H3.